The summed E-state index contributed by atoms with van der Waals surface area (Å²) in [6, 6.07) is 12.5. The van der Waals surface area contributed by atoms with Crippen LogP contribution in [0.15, 0.2) is 47.4 Å². The number of amides is 1. The van der Waals surface area contributed by atoms with Crippen LogP contribution >= 0.6 is 11.3 Å². The van der Waals surface area contributed by atoms with E-state index in [1.165, 1.54) is 16.0 Å². The molecule has 4 heteroatoms. The molecule has 1 fully saturated rings. The molecule has 2 aromatic rings. The van der Waals surface area contributed by atoms with Crippen molar-refractivity contribution >= 4 is 22.8 Å². The van der Waals surface area contributed by atoms with Crippen LogP contribution in [0.4, 0.5) is 0 Å². The summed E-state index contributed by atoms with van der Waals surface area (Å²) in [6.45, 7) is 11.1. The SMILES string of the molecule is CCN(CC)C(=O)c1ccc(C(C)=C2CCN(Cc3cccs3)CC2)cc1. The van der Waals surface area contributed by atoms with Gasteiger partial charge in [0.2, 0.25) is 0 Å². The Labute approximate surface area is 167 Å². The van der Waals surface area contributed by atoms with Gasteiger partial charge in [0, 0.05) is 43.2 Å². The number of benzene rings is 1. The highest BCUT2D eigenvalue weighted by atomic mass is 32.1. The lowest BCUT2D eigenvalue weighted by Crippen LogP contribution is -2.30. The fourth-order valence-electron chi connectivity index (χ4n) is 3.74. The minimum Gasteiger partial charge on any atom is -0.339 e. The van der Waals surface area contributed by atoms with Crippen LogP contribution in [-0.2, 0) is 6.54 Å². The van der Waals surface area contributed by atoms with E-state index in [9.17, 15) is 4.79 Å². The van der Waals surface area contributed by atoms with Crippen molar-refractivity contribution in [2.75, 3.05) is 26.2 Å². The van der Waals surface area contributed by atoms with Gasteiger partial charge in [0.15, 0.2) is 0 Å². The van der Waals surface area contributed by atoms with Crippen LogP contribution in [-0.4, -0.2) is 41.9 Å². The maximum atomic E-state index is 12.5. The highest BCUT2D eigenvalue weighted by molar-refractivity contribution is 7.09. The zero-order valence-electron chi connectivity index (χ0n) is 16.7. The molecule has 1 aliphatic heterocycles. The summed E-state index contributed by atoms with van der Waals surface area (Å²) in [5.74, 6) is 0.124. The van der Waals surface area contributed by atoms with E-state index in [-0.39, 0.29) is 5.91 Å². The van der Waals surface area contributed by atoms with Crippen LogP contribution in [0.3, 0.4) is 0 Å². The first-order valence-corrected chi connectivity index (χ1v) is 10.8. The van der Waals surface area contributed by atoms with Gasteiger partial charge in [-0.15, -0.1) is 11.3 Å². The van der Waals surface area contributed by atoms with Gasteiger partial charge in [-0.2, -0.15) is 0 Å². The third kappa shape index (κ3) is 4.88. The van der Waals surface area contributed by atoms with Crippen LogP contribution in [0, 0.1) is 0 Å². The second kappa shape index (κ2) is 9.34. The zero-order chi connectivity index (χ0) is 19.2. The Hall–Kier alpha value is -1.91. The number of piperidine rings is 1. The monoisotopic (exact) mass is 382 g/mol. The predicted octanol–water partition coefficient (Wildman–Crippen LogP) is 5.30. The number of rotatable bonds is 6. The van der Waals surface area contributed by atoms with Crippen molar-refractivity contribution in [2.45, 2.75) is 40.2 Å². The molecule has 144 valence electrons. The Morgan fingerprint density at radius 3 is 2.22 bits per heavy atom. The summed E-state index contributed by atoms with van der Waals surface area (Å²) < 4.78 is 0. The lowest BCUT2D eigenvalue weighted by atomic mass is 9.93. The van der Waals surface area contributed by atoms with Crippen LogP contribution in [0.25, 0.3) is 5.57 Å². The molecule has 0 atom stereocenters. The molecule has 0 spiro atoms. The number of allylic oxidation sites excluding steroid dienone is 1. The van der Waals surface area contributed by atoms with E-state index in [1.54, 1.807) is 5.57 Å². The lowest BCUT2D eigenvalue weighted by molar-refractivity contribution is 0.0773. The Kier molecular flexibility index (Phi) is 6.86. The van der Waals surface area contributed by atoms with Crippen molar-refractivity contribution in [3.63, 3.8) is 0 Å². The largest absolute Gasteiger partial charge is 0.339 e. The maximum Gasteiger partial charge on any atom is 0.253 e. The molecule has 0 aliphatic carbocycles. The number of likely N-dealkylation sites (tertiary alicyclic amines) is 1. The van der Waals surface area contributed by atoms with Gasteiger partial charge in [-0.1, -0.05) is 23.8 Å². The van der Waals surface area contributed by atoms with E-state index in [4.69, 9.17) is 0 Å². The lowest BCUT2D eigenvalue weighted by Gasteiger charge is -2.29. The molecule has 3 rings (SSSR count). The molecule has 1 saturated heterocycles. The Balaban J connectivity index is 1.63. The summed E-state index contributed by atoms with van der Waals surface area (Å²) in [6.07, 6.45) is 2.27. The predicted molar refractivity (Wildman–Crippen MR) is 115 cm³/mol. The normalized spacial score (nSPS) is 15.0. The second-order valence-corrected chi connectivity index (χ2v) is 8.17. The standard InChI is InChI=1S/C23H30N2OS/c1-4-25(5-2)23(26)21-10-8-19(9-11-21)18(3)20-12-14-24(15-13-20)17-22-7-6-16-27-22/h6-11,16H,4-5,12-15,17H2,1-3H3. The third-order valence-corrected chi connectivity index (χ3v) is 6.43. The molecule has 3 nitrogen and oxygen atoms in total. The Bertz CT molecular complexity index is 763. The first-order chi connectivity index (χ1) is 13.1. The number of nitrogens with zero attached hydrogens (tertiary/aromatic N) is 2. The van der Waals surface area contributed by atoms with Crippen LogP contribution in [0.2, 0.25) is 0 Å². The summed E-state index contributed by atoms with van der Waals surface area (Å²) in [7, 11) is 0. The molecule has 1 aliphatic rings. The van der Waals surface area contributed by atoms with Gasteiger partial charge in [-0.05, 0) is 68.3 Å². The summed E-state index contributed by atoms with van der Waals surface area (Å²) in [5.41, 5.74) is 4.96. The third-order valence-electron chi connectivity index (χ3n) is 5.57. The molecule has 0 saturated carbocycles. The van der Waals surface area contributed by atoms with Crippen molar-refractivity contribution < 1.29 is 4.79 Å². The first kappa shape index (κ1) is 19.8. The van der Waals surface area contributed by atoms with E-state index in [0.717, 1.165) is 51.1 Å². The number of carbonyl (C=O) groups excluding carboxylic acids is 1. The fraction of sp³-hybridized carbons (Fsp3) is 0.435. The average molecular weight is 383 g/mol. The fourth-order valence-corrected chi connectivity index (χ4v) is 4.49. The number of hydrogen-bond acceptors (Lipinski definition) is 3. The quantitative estimate of drug-likeness (QED) is 0.677. The highest BCUT2D eigenvalue weighted by Crippen LogP contribution is 2.28. The summed E-state index contributed by atoms with van der Waals surface area (Å²) >= 11 is 1.84. The minimum atomic E-state index is 0.124. The molecular weight excluding hydrogens is 352 g/mol. The van der Waals surface area contributed by atoms with Gasteiger partial charge in [0.1, 0.15) is 0 Å². The van der Waals surface area contributed by atoms with Gasteiger partial charge < -0.3 is 4.90 Å². The molecule has 27 heavy (non-hydrogen) atoms. The molecule has 0 unspecified atom stereocenters. The van der Waals surface area contributed by atoms with Crippen LogP contribution in [0.1, 0.15) is 54.4 Å². The minimum absolute atomic E-state index is 0.124. The molecule has 1 aromatic carbocycles. The van der Waals surface area contributed by atoms with Crippen LogP contribution < -0.4 is 0 Å². The molecule has 0 N–H and O–H groups in total. The molecule has 1 aromatic heterocycles. The summed E-state index contributed by atoms with van der Waals surface area (Å²) in [4.78, 5) is 18.3. The van der Waals surface area contributed by atoms with E-state index in [1.807, 2.05) is 42.2 Å². The maximum absolute atomic E-state index is 12.5. The molecule has 0 radical (unpaired) electrons. The van der Waals surface area contributed by atoms with E-state index in [0.29, 0.717) is 0 Å². The van der Waals surface area contributed by atoms with Gasteiger partial charge in [-0.25, -0.2) is 0 Å². The molecule has 2 heterocycles. The number of thiophene rings is 1. The van der Waals surface area contributed by atoms with Crippen LogP contribution in [0.5, 0.6) is 0 Å². The van der Waals surface area contributed by atoms with Crippen molar-refractivity contribution in [3.8, 4) is 0 Å². The smallest absolute Gasteiger partial charge is 0.253 e. The summed E-state index contributed by atoms with van der Waals surface area (Å²) in [5, 5.41) is 2.16. The second-order valence-electron chi connectivity index (χ2n) is 7.14. The van der Waals surface area contributed by atoms with Crippen molar-refractivity contribution in [2.24, 2.45) is 0 Å². The van der Waals surface area contributed by atoms with E-state index >= 15 is 0 Å². The van der Waals surface area contributed by atoms with Gasteiger partial charge in [0.25, 0.3) is 5.91 Å². The number of carbonyl (C=O) groups is 1. The van der Waals surface area contributed by atoms with Crippen molar-refractivity contribution in [1.29, 1.82) is 0 Å². The first-order valence-electron chi connectivity index (χ1n) is 9.95. The zero-order valence-corrected chi connectivity index (χ0v) is 17.5. The molecular formula is C23H30N2OS. The molecule has 1 amide bonds. The average Bonchev–Trinajstić information content (AvgIpc) is 3.22. The molecule has 0 bridgehead atoms. The topological polar surface area (TPSA) is 23.6 Å². The van der Waals surface area contributed by atoms with Gasteiger partial charge >= 0.3 is 0 Å². The van der Waals surface area contributed by atoms with Crippen molar-refractivity contribution in [3.05, 3.63) is 63.4 Å². The van der Waals surface area contributed by atoms with Gasteiger partial charge in [0.05, 0.1) is 0 Å². The Morgan fingerprint density at radius 2 is 1.67 bits per heavy atom. The van der Waals surface area contributed by atoms with E-state index < -0.39 is 0 Å². The Morgan fingerprint density at radius 1 is 1.04 bits per heavy atom. The number of hydrogen-bond donors (Lipinski definition) is 0. The van der Waals surface area contributed by atoms with E-state index in [2.05, 4.69) is 41.5 Å². The van der Waals surface area contributed by atoms with Gasteiger partial charge in [-0.3, -0.25) is 9.69 Å². The highest BCUT2D eigenvalue weighted by Gasteiger charge is 2.17. The van der Waals surface area contributed by atoms with Crippen molar-refractivity contribution in [1.82, 2.24) is 9.80 Å².